The summed E-state index contributed by atoms with van der Waals surface area (Å²) in [5.41, 5.74) is 0.835. The first-order valence-corrected chi connectivity index (χ1v) is 11.3. The van der Waals surface area contributed by atoms with Crippen molar-refractivity contribution >= 4 is 12.0 Å². The Hall–Kier alpha value is -3.71. The third-order valence-electron chi connectivity index (χ3n) is 5.01. The van der Waals surface area contributed by atoms with Gasteiger partial charge in [0.25, 0.3) is 0 Å². The molecule has 0 aliphatic carbocycles. The Balaban J connectivity index is 1.53. The molecule has 3 aromatic rings. The second-order valence-corrected chi connectivity index (χ2v) is 7.72. The Bertz CT molecular complexity index is 1030. The molecule has 1 aromatic heterocycles. The van der Waals surface area contributed by atoms with Crippen molar-refractivity contribution in [1.29, 1.82) is 0 Å². The van der Waals surface area contributed by atoms with Crippen LogP contribution in [0.15, 0.2) is 77.4 Å². The van der Waals surface area contributed by atoms with Crippen LogP contribution in [-0.4, -0.2) is 51.3 Å². The fourth-order valence-electron chi connectivity index (χ4n) is 3.29. The molecule has 0 saturated carbocycles. The summed E-state index contributed by atoms with van der Waals surface area (Å²) in [6.07, 6.45) is 4.89. The highest BCUT2D eigenvalue weighted by Gasteiger charge is 2.17. The highest BCUT2D eigenvalue weighted by Crippen LogP contribution is 2.29. The van der Waals surface area contributed by atoms with Gasteiger partial charge in [0.05, 0.1) is 18.9 Å². The van der Waals surface area contributed by atoms with Gasteiger partial charge >= 0.3 is 0 Å². The zero-order valence-corrected chi connectivity index (χ0v) is 19.9. The van der Waals surface area contributed by atoms with Crippen LogP contribution in [-0.2, 0) is 4.79 Å². The van der Waals surface area contributed by atoms with Crippen LogP contribution in [0.5, 0.6) is 17.2 Å². The molecule has 0 radical (unpaired) electrons. The van der Waals surface area contributed by atoms with Crippen molar-refractivity contribution in [2.75, 3.05) is 40.5 Å². The Morgan fingerprint density at radius 1 is 1.00 bits per heavy atom. The Morgan fingerprint density at radius 2 is 1.79 bits per heavy atom. The van der Waals surface area contributed by atoms with Gasteiger partial charge in [-0.3, -0.25) is 9.69 Å². The number of carbonyl (C=O) groups excluding carboxylic acids is 1. The lowest BCUT2D eigenvalue weighted by atomic mass is 10.1. The van der Waals surface area contributed by atoms with E-state index in [-0.39, 0.29) is 11.9 Å². The van der Waals surface area contributed by atoms with E-state index < -0.39 is 0 Å². The fourth-order valence-corrected chi connectivity index (χ4v) is 3.29. The maximum Gasteiger partial charge on any atom is 0.244 e. The van der Waals surface area contributed by atoms with Crippen molar-refractivity contribution in [1.82, 2.24) is 10.2 Å². The monoisotopic (exact) mass is 464 g/mol. The average molecular weight is 465 g/mol. The number of hydrogen-bond acceptors (Lipinski definition) is 6. The van der Waals surface area contributed by atoms with E-state index in [9.17, 15) is 4.79 Å². The molecule has 0 aliphatic rings. The molecule has 1 heterocycles. The topological polar surface area (TPSA) is 73.2 Å². The van der Waals surface area contributed by atoms with Gasteiger partial charge in [0.1, 0.15) is 24.7 Å². The van der Waals surface area contributed by atoms with Crippen LogP contribution in [0.25, 0.3) is 6.08 Å². The summed E-state index contributed by atoms with van der Waals surface area (Å²) in [6.45, 7) is 3.66. The maximum absolute atomic E-state index is 12.4. The van der Waals surface area contributed by atoms with Crippen molar-refractivity contribution < 1.29 is 23.4 Å². The molecule has 0 fully saturated rings. The van der Waals surface area contributed by atoms with Crippen LogP contribution in [0, 0.1) is 0 Å². The molecule has 180 valence electrons. The van der Waals surface area contributed by atoms with Crippen LogP contribution in [0.1, 0.15) is 24.3 Å². The number of hydrogen-bond donors (Lipinski definition) is 1. The third-order valence-corrected chi connectivity index (χ3v) is 5.01. The van der Waals surface area contributed by atoms with Gasteiger partial charge in [0, 0.05) is 12.6 Å². The first kappa shape index (κ1) is 24.9. The summed E-state index contributed by atoms with van der Waals surface area (Å²) < 4.78 is 22.7. The molecule has 0 saturated heterocycles. The normalized spacial score (nSPS) is 12.0. The number of amides is 1. The number of para-hydroxylation sites is 1. The van der Waals surface area contributed by atoms with E-state index in [0.29, 0.717) is 37.9 Å². The lowest BCUT2D eigenvalue weighted by Crippen LogP contribution is -2.33. The minimum atomic E-state index is -0.185. The summed E-state index contributed by atoms with van der Waals surface area (Å²) >= 11 is 0. The third kappa shape index (κ3) is 7.71. The van der Waals surface area contributed by atoms with Gasteiger partial charge in [-0.1, -0.05) is 24.3 Å². The van der Waals surface area contributed by atoms with Gasteiger partial charge in [-0.05, 0) is 69.1 Å². The summed E-state index contributed by atoms with van der Waals surface area (Å²) in [7, 11) is 3.89. The van der Waals surface area contributed by atoms with E-state index in [0.717, 1.165) is 17.1 Å². The number of carbonyl (C=O) groups is 1. The van der Waals surface area contributed by atoms with Gasteiger partial charge in [-0.15, -0.1) is 0 Å². The zero-order valence-electron chi connectivity index (χ0n) is 19.9. The van der Waals surface area contributed by atoms with Crippen molar-refractivity contribution in [3.63, 3.8) is 0 Å². The van der Waals surface area contributed by atoms with Gasteiger partial charge in [-0.25, -0.2) is 0 Å². The number of rotatable bonds is 13. The van der Waals surface area contributed by atoms with Crippen LogP contribution in [0.2, 0.25) is 0 Å². The molecule has 0 bridgehead atoms. The highest BCUT2D eigenvalue weighted by molar-refractivity contribution is 5.91. The molecule has 1 unspecified atom stereocenters. The van der Waals surface area contributed by atoms with Crippen LogP contribution in [0.4, 0.5) is 0 Å². The van der Waals surface area contributed by atoms with Crippen LogP contribution < -0.4 is 19.5 Å². The number of nitrogens with one attached hydrogen (secondary N) is 1. The van der Waals surface area contributed by atoms with E-state index in [2.05, 4.69) is 5.32 Å². The Kier molecular flexibility index (Phi) is 9.61. The average Bonchev–Trinajstić information content (AvgIpc) is 3.37. The van der Waals surface area contributed by atoms with Crippen LogP contribution >= 0.6 is 0 Å². The molecular weight excluding hydrogens is 432 g/mol. The van der Waals surface area contributed by atoms with Gasteiger partial charge in [0.15, 0.2) is 11.5 Å². The second-order valence-electron chi connectivity index (χ2n) is 7.72. The van der Waals surface area contributed by atoms with Crippen molar-refractivity contribution in [2.45, 2.75) is 13.0 Å². The molecule has 3 rings (SSSR count). The van der Waals surface area contributed by atoms with E-state index in [1.807, 2.05) is 86.6 Å². The van der Waals surface area contributed by atoms with Crippen LogP contribution in [0.3, 0.4) is 0 Å². The molecule has 0 spiro atoms. The molecule has 1 amide bonds. The van der Waals surface area contributed by atoms with E-state index in [4.69, 9.17) is 18.6 Å². The largest absolute Gasteiger partial charge is 0.490 e. The number of ether oxygens (including phenoxy) is 3. The molecule has 7 nitrogen and oxygen atoms in total. The first-order valence-electron chi connectivity index (χ1n) is 11.3. The number of furan rings is 1. The number of nitrogens with zero attached hydrogens (tertiary/aromatic N) is 1. The maximum atomic E-state index is 12.4. The lowest BCUT2D eigenvalue weighted by Gasteiger charge is -2.22. The first-order chi connectivity index (χ1) is 16.6. The Morgan fingerprint density at radius 3 is 2.50 bits per heavy atom. The van der Waals surface area contributed by atoms with Gasteiger partial charge in [-0.2, -0.15) is 0 Å². The molecule has 7 heteroatoms. The van der Waals surface area contributed by atoms with Crippen molar-refractivity contribution in [3.8, 4) is 17.2 Å². The SMILES string of the molecule is CCOc1cc(/C=C/C(=O)NCC(c2ccco2)N(C)C)ccc1OCCOc1ccccc1. The quantitative estimate of drug-likeness (QED) is 0.295. The molecule has 1 atom stereocenters. The summed E-state index contributed by atoms with van der Waals surface area (Å²) in [5, 5.41) is 2.92. The second kappa shape index (κ2) is 13.1. The molecular formula is C27H32N2O5. The van der Waals surface area contributed by atoms with Crippen molar-refractivity contribution in [2.24, 2.45) is 0 Å². The molecule has 2 aromatic carbocycles. The predicted molar refractivity (Wildman–Crippen MR) is 132 cm³/mol. The van der Waals surface area contributed by atoms with Gasteiger partial charge < -0.3 is 23.9 Å². The molecule has 34 heavy (non-hydrogen) atoms. The summed E-state index contributed by atoms with van der Waals surface area (Å²) in [5.74, 6) is 2.67. The minimum Gasteiger partial charge on any atom is -0.490 e. The zero-order chi connectivity index (χ0) is 24.2. The van der Waals surface area contributed by atoms with E-state index >= 15 is 0 Å². The van der Waals surface area contributed by atoms with Gasteiger partial charge in [0.2, 0.25) is 5.91 Å². The summed E-state index contributed by atoms with van der Waals surface area (Å²) in [6, 6.07) is 18.9. The van der Waals surface area contributed by atoms with E-state index in [1.54, 1.807) is 12.3 Å². The smallest absolute Gasteiger partial charge is 0.244 e. The predicted octanol–water partition coefficient (Wildman–Crippen LogP) is 4.57. The highest BCUT2D eigenvalue weighted by atomic mass is 16.5. The minimum absolute atomic E-state index is 0.0424. The van der Waals surface area contributed by atoms with Crippen molar-refractivity contribution in [3.05, 3.63) is 84.3 Å². The Labute approximate surface area is 200 Å². The number of likely N-dealkylation sites (N-methyl/N-ethyl adjacent to an activating group) is 1. The van der Waals surface area contributed by atoms with E-state index in [1.165, 1.54) is 6.08 Å². The molecule has 0 aliphatic heterocycles. The summed E-state index contributed by atoms with van der Waals surface area (Å²) in [4.78, 5) is 14.4. The number of benzene rings is 2. The lowest BCUT2D eigenvalue weighted by molar-refractivity contribution is -0.116. The fraction of sp³-hybridized carbons (Fsp3) is 0.296. The molecule has 1 N–H and O–H groups in total. The standard InChI is InChI=1S/C27H32N2O5/c1-4-31-26-19-21(12-14-25(26)34-18-17-32-22-9-6-5-7-10-22)13-15-27(30)28-20-23(29(2)3)24-11-8-16-33-24/h5-16,19,23H,4,17-18,20H2,1-3H3,(H,28,30)/b15-13+.